The fraction of sp³-hybridized carbons (Fsp3) is 0.680. The van der Waals surface area contributed by atoms with Crippen molar-refractivity contribution < 1.29 is 75.8 Å². The van der Waals surface area contributed by atoms with Gasteiger partial charge in [-0.25, -0.2) is 9.13 Å². The first-order valence-corrected chi connectivity index (χ1v) is 48.4. The van der Waals surface area contributed by atoms with Gasteiger partial charge in [-0.1, -0.05) is 364 Å². The number of phosphoric ester groups is 2. The number of ether oxygens (including phenoxy) is 3. The molecule has 16 nitrogen and oxygen atoms in total. The lowest BCUT2D eigenvalue weighted by atomic mass is 10.0. The van der Waals surface area contributed by atoms with Gasteiger partial charge in [0.2, 0.25) is 0 Å². The fourth-order valence-electron chi connectivity index (χ4n) is 12.1. The maximum atomic E-state index is 13.1. The Morgan fingerprint density at radius 3 is 0.730 bits per heavy atom. The Hall–Kier alpha value is -5.09. The van der Waals surface area contributed by atoms with Crippen molar-refractivity contribution in [2.24, 2.45) is 0 Å². The van der Waals surface area contributed by atoms with Crippen LogP contribution in [0.15, 0.2) is 170 Å². The summed E-state index contributed by atoms with van der Waals surface area (Å²) in [4.78, 5) is 59.0. The van der Waals surface area contributed by atoms with Crippen molar-refractivity contribution >= 4 is 33.6 Å². The number of hydrogen-bond acceptors (Lipinski definition) is 14. The first-order valence-electron chi connectivity index (χ1n) is 45.4. The molecule has 0 rings (SSSR count). The second-order valence-corrected chi connectivity index (χ2v) is 32.9. The van der Waals surface area contributed by atoms with Crippen LogP contribution in [0.5, 0.6) is 0 Å². The number of esters is 3. The van der Waals surface area contributed by atoms with E-state index in [4.69, 9.17) is 32.3 Å². The van der Waals surface area contributed by atoms with Gasteiger partial charge in [0.25, 0.3) is 0 Å². The van der Waals surface area contributed by atoms with Gasteiger partial charge in [-0.3, -0.25) is 32.5 Å². The average molecular weight is 1650 g/mol. The third-order valence-electron chi connectivity index (χ3n) is 18.9. The van der Waals surface area contributed by atoms with Gasteiger partial charge in [-0.2, -0.15) is 0 Å². The van der Waals surface area contributed by atoms with Crippen LogP contribution in [-0.2, 0) is 55.8 Å². The Labute approximate surface area is 701 Å². The van der Waals surface area contributed by atoms with E-state index in [2.05, 4.69) is 191 Å². The molecule has 0 aliphatic rings. The monoisotopic (exact) mass is 1650 g/mol. The fourth-order valence-corrected chi connectivity index (χ4v) is 13.7. The van der Waals surface area contributed by atoms with Crippen LogP contribution in [0.3, 0.4) is 0 Å². The molecular weight excluding hydrogens is 1480 g/mol. The Morgan fingerprint density at radius 2 is 0.461 bits per heavy atom. The van der Waals surface area contributed by atoms with Crippen LogP contribution in [0.4, 0.5) is 0 Å². The molecule has 4 N–H and O–H groups in total. The quantitative estimate of drug-likeness (QED) is 0.0146. The number of hydrogen-bond donors (Lipinski definition) is 4. The van der Waals surface area contributed by atoms with E-state index in [1.54, 1.807) is 0 Å². The molecule has 0 amide bonds. The maximum absolute atomic E-state index is 13.1. The Morgan fingerprint density at radius 1 is 0.252 bits per heavy atom. The van der Waals surface area contributed by atoms with E-state index in [9.17, 15) is 43.5 Å². The minimum Gasteiger partial charge on any atom is -0.463 e. The first kappa shape index (κ1) is 110. The van der Waals surface area contributed by atoms with Crippen LogP contribution >= 0.6 is 15.6 Å². The molecule has 0 spiro atoms. The minimum atomic E-state index is -4.95. The lowest BCUT2D eigenvalue weighted by Gasteiger charge is -2.21. The summed E-state index contributed by atoms with van der Waals surface area (Å²) in [6.45, 7) is 2.44. The van der Waals surface area contributed by atoms with Crippen molar-refractivity contribution in [1.82, 2.24) is 0 Å². The highest BCUT2D eigenvalue weighted by molar-refractivity contribution is 7.47. The smallest absolute Gasteiger partial charge is 0.463 e. The topological polar surface area (TPSA) is 231 Å². The van der Waals surface area contributed by atoms with Gasteiger partial charge in [0, 0.05) is 19.3 Å². The maximum Gasteiger partial charge on any atom is 0.472 e. The number of unbranched alkanes of at least 4 members (excludes halogenated alkanes) is 34. The largest absolute Gasteiger partial charge is 0.472 e. The molecule has 0 aliphatic heterocycles. The molecule has 0 radical (unpaired) electrons. The number of aliphatic hydroxyl groups is 2. The third-order valence-corrected chi connectivity index (χ3v) is 20.8. The van der Waals surface area contributed by atoms with Gasteiger partial charge in [0.1, 0.15) is 25.4 Å². The van der Waals surface area contributed by atoms with Crippen molar-refractivity contribution in [3.63, 3.8) is 0 Å². The Bertz CT molecular complexity index is 2770. The molecule has 0 aromatic rings. The number of allylic oxidation sites excluding steroid dienone is 28. The summed E-state index contributed by atoms with van der Waals surface area (Å²) in [6.07, 6.45) is 114. The molecular formula is C97H164O16P2. The first-order chi connectivity index (χ1) is 56.2. The van der Waals surface area contributed by atoms with E-state index in [0.717, 1.165) is 180 Å². The molecule has 0 heterocycles. The van der Waals surface area contributed by atoms with Gasteiger partial charge >= 0.3 is 33.6 Å². The molecule has 0 aromatic heterocycles. The summed E-state index contributed by atoms with van der Waals surface area (Å²) >= 11 is 0. The molecule has 0 fully saturated rings. The molecule has 0 aliphatic carbocycles. The van der Waals surface area contributed by atoms with E-state index < -0.39 is 91.5 Å². The highest BCUT2D eigenvalue weighted by atomic mass is 31.2. The van der Waals surface area contributed by atoms with Crippen LogP contribution in [0.1, 0.15) is 367 Å². The number of aliphatic hydroxyl groups excluding tert-OH is 2. The van der Waals surface area contributed by atoms with Gasteiger partial charge in [-0.05, 0) is 154 Å². The molecule has 0 saturated heterocycles. The standard InChI is InChI=1S/C97H164O16P2/c1-4-7-10-13-16-19-22-25-28-31-34-37-40-42-43-44-45-46-47-49-52-53-56-59-62-65-68-71-74-77-80-83-95(100)107-86-92(98)87-109-114(103,104)110-88-93(99)89-111-115(105,106)112-91-94(113-97(102)85-82-79-76-73-70-67-64-61-58-55-50-39-36-33-30-27-24-21-18-15-12-9-6-3)90-108-96(101)84-81-78-75-72-69-66-63-60-57-54-51-48-41-38-35-32-29-26-23-20-17-14-11-8-5-2/h8-9,11-12,16-21,25-30,34-39,42-43,48,51,55,58,92-94,98-99H,4-7,10,13-15,22-24,31-33,40-41,44-47,49-50,52-54,56-57,59-91H2,1-3H3,(H,103,104)(H,105,106)/b11-8-,12-9-,19-16-,20-17-,21-18-,28-25-,29-26-,30-27-,37-34-,38-35-,39-36-,43-42-,51-48-,58-55-. The summed E-state index contributed by atoms with van der Waals surface area (Å²) in [5.74, 6) is -1.59. The van der Waals surface area contributed by atoms with E-state index in [1.807, 2.05) is 0 Å². The number of carbonyl (C=O) groups is 3. The van der Waals surface area contributed by atoms with E-state index in [1.165, 1.54) is 128 Å². The molecule has 0 aromatic carbocycles. The summed E-state index contributed by atoms with van der Waals surface area (Å²) in [7, 11) is -9.82. The molecule has 0 bridgehead atoms. The minimum absolute atomic E-state index is 0.0847. The van der Waals surface area contributed by atoms with E-state index in [0.29, 0.717) is 19.3 Å². The third kappa shape index (κ3) is 89.5. The lowest BCUT2D eigenvalue weighted by Crippen LogP contribution is -2.30. The number of phosphoric acid groups is 2. The molecule has 5 atom stereocenters. The predicted molar refractivity (Wildman–Crippen MR) is 482 cm³/mol. The summed E-state index contributed by atoms with van der Waals surface area (Å²) < 4.78 is 61.5. The molecule has 5 unspecified atom stereocenters. The molecule has 18 heteroatoms. The second kappa shape index (κ2) is 88.2. The predicted octanol–water partition coefficient (Wildman–Crippen LogP) is 27.9. The van der Waals surface area contributed by atoms with Crippen LogP contribution in [0, 0.1) is 0 Å². The van der Waals surface area contributed by atoms with Crippen LogP contribution in [0.2, 0.25) is 0 Å². The van der Waals surface area contributed by atoms with Crippen molar-refractivity contribution in [3.05, 3.63) is 170 Å². The second-order valence-electron chi connectivity index (χ2n) is 30.0. The van der Waals surface area contributed by atoms with Crippen molar-refractivity contribution in [2.45, 2.75) is 386 Å². The zero-order valence-corrected chi connectivity index (χ0v) is 74.2. The van der Waals surface area contributed by atoms with E-state index in [-0.39, 0.29) is 19.3 Å². The zero-order chi connectivity index (χ0) is 83.6. The summed E-state index contributed by atoms with van der Waals surface area (Å²) in [5.41, 5.74) is 0. The van der Waals surface area contributed by atoms with Crippen molar-refractivity contribution in [3.8, 4) is 0 Å². The SMILES string of the molecule is CC/C=C\C/C=C\C/C=C\C/C=C\C/C=C\CCCCCCCCCCCC(=O)OCC(COP(=O)(O)OCC(O)COP(=O)(O)OCC(O)COC(=O)CCCCCCCCCCCCCCCCC/C=C\C/C=C\C/C=C\C/C=C\CCCCC)OC(=O)CCCCCCCCC/C=C\C/C=C\C/C=C\C/C=C\C/C=C\CC. The van der Waals surface area contributed by atoms with Crippen LogP contribution in [0.25, 0.3) is 0 Å². The highest BCUT2D eigenvalue weighted by Crippen LogP contribution is 2.45. The summed E-state index contributed by atoms with van der Waals surface area (Å²) in [6, 6.07) is 0. The van der Waals surface area contributed by atoms with Crippen LogP contribution < -0.4 is 0 Å². The molecule has 115 heavy (non-hydrogen) atoms. The normalized spacial score (nSPS) is 14.6. The highest BCUT2D eigenvalue weighted by Gasteiger charge is 2.29. The van der Waals surface area contributed by atoms with Gasteiger partial charge in [0.05, 0.1) is 26.4 Å². The number of carbonyl (C=O) groups excluding carboxylic acids is 3. The van der Waals surface area contributed by atoms with Crippen LogP contribution in [-0.4, -0.2) is 95.9 Å². The molecule has 658 valence electrons. The van der Waals surface area contributed by atoms with Gasteiger partial charge in [0.15, 0.2) is 6.10 Å². The lowest BCUT2D eigenvalue weighted by molar-refractivity contribution is -0.161. The van der Waals surface area contributed by atoms with Crippen molar-refractivity contribution in [1.29, 1.82) is 0 Å². The Kier molecular flexibility index (Phi) is 84.3. The van der Waals surface area contributed by atoms with Crippen molar-refractivity contribution in [2.75, 3.05) is 39.6 Å². The molecule has 0 saturated carbocycles. The zero-order valence-electron chi connectivity index (χ0n) is 72.4. The Balaban J connectivity index is 4.62. The summed E-state index contributed by atoms with van der Waals surface area (Å²) in [5, 5.41) is 20.7. The van der Waals surface area contributed by atoms with Gasteiger partial charge < -0.3 is 34.2 Å². The average Bonchev–Trinajstić information content (AvgIpc) is 0.900. The van der Waals surface area contributed by atoms with Gasteiger partial charge in [-0.15, -0.1) is 0 Å². The van der Waals surface area contributed by atoms with E-state index >= 15 is 0 Å². The number of rotatable bonds is 85.